The molecule has 1 unspecified atom stereocenters. The van der Waals surface area contributed by atoms with Crippen LogP contribution in [-0.2, 0) is 10.0 Å². The Morgan fingerprint density at radius 1 is 1.11 bits per heavy atom. The van der Waals surface area contributed by atoms with Gasteiger partial charge in [-0.25, -0.2) is 8.42 Å². The topological polar surface area (TPSA) is 69.7 Å². The second-order valence-electron chi connectivity index (χ2n) is 7.66. The lowest BCUT2D eigenvalue weighted by molar-refractivity contribution is 0.0674. The van der Waals surface area contributed by atoms with E-state index >= 15 is 0 Å². The Kier molecular flexibility index (Phi) is 8.74. The second kappa shape index (κ2) is 10.6. The van der Waals surface area contributed by atoms with Crippen molar-refractivity contribution < 1.29 is 13.2 Å². The van der Waals surface area contributed by atoms with Crippen LogP contribution in [0, 0.1) is 5.92 Å². The van der Waals surface area contributed by atoms with Crippen LogP contribution in [0.15, 0.2) is 29.2 Å². The lowest BCUT2D eigenvalue weighted by Gasteiger charge is -2.33. The van der Waals surface area contributed by atoms with E-state index in [1.54, 1.807) is 28.6 Å². The third kappa shape index (κ3) is 5.47. The molecule has 2 fully saturated rings. The molecule has 1 aromatic carbocycles. The fourth-order valence-electron chi connectivity index (χ4n) is 4.11. The molecular weight excluding hydrogens is 398 g/mol. The Balaban J connectivity index is 0.00000280. The van der Waals surface area contributed by atoms with Crippen LogP contribution in [0.3, 0.4) is 0 Å². The Morgan fingerprint density at radius 2 is 1.82 bits per heavy atom. The van der Waals surface area contributed by atoms with Crippen molar-refractivity contribution in [3.63, 3.8) is 0 Å². The Morgan fingerprint density at radius 3 is 2.50 bits per heavy atom. The molecule has 0 bridgehead atoms. The lowest BCUT2D eigenvalue weighted by Crippen LogP contribution is -2.42. The first-order chi connectivity index (χ1) is 13.0. The lowest BCUT2D eigenvalue weighted by atomic mass is 9.97. The fraction of sp³-hybridized carbons (Fsp3) is 0.650. The fourth-order valence-corrected chi connectivity index (χ4v) is 5.67. The van der Waals surface area contributed by atoms with Gasteiger partial charge >= 0.3 is 0 Å². The zero-order valence-electron chi connectivity index (χ0n) is 16.6. The van der Waals surface area contributed by atoms with Gasteiger partial charge in [-0.2, -0.15) is 4.31 Å². The number of benzene rings is 1. The summed E-state index contributed by atoms with van der Waals surface area (Å²) in [6, 6.07) is 6.58. The van der Waals surface area contributed by atoms with Crippen molar-refractivity contribution in [2.75, 3.05) is 39.8 Å². The maximum absolute atomic E-state index is 13.0. The van der Waals surface area contributed by atoms with Crippen LogP contribution in [0.5, 0.6) is 0 Å². The van der Waals surface area contributed by atoms with E-state index in [-0.39, 0.29) is 23.2 Å². The Hall–Kier alpha value is -1.15. The van der Waals surface area contributed by atoms with E-state index in [0.29, 0.717) is 24.6 Å². The van der Waals surface area contributed by atoms with Crippen LogP contribution in [0.2, 0.25) is 0 Å². The van der Waals surface area contributed by atoms with Gasteiger partial charge in [0.15, 0.2) is 0 Å². The highest BCUT2D eigenvalue weighted by Gasteiger charge is 2.28. The molecule has 2 saturated heterocycles. The van der Waals surface area contributed by atoms with Crippen LogP contribution in [-0.4, -0.2) is 63.3 Å². The van der Waals surface area contributed by atoms with Crippen molar-refractivity contribution in [3.8, 4) is 0 Å². The van der Waals surface area contributed by atoms with E-state index < -0.39 is 10.0 Å². The summed E-state index contributed by atoms with van der Waals surface area (Å²) >= 11 is 0. The summed E-state index contributed by atoms with van der Waals surface area (Å²) in [5.41, 5.74) is 0.469. The number of rotatable bonds is 5. The van der Waals surface area contributed by atoms with E-state index in [2.05, 4.69) is 5.32 Å². The molecule has 6 nitrogen and oxygen atoms in total. The van der Waals surface area contributed by atoms with Gasteiger partial charge in [0.25, 0.3) is 5.91 Å². The summed E-state index contributed by atoms with van der Waals surface area (Å²) in [6.07, 6.45) is 6.06. The average Bonchev–Trinajstić information content (AvgIpc) is 2.98. The first-order valence-electron chi connectivity index (χ1n) is 10.1. The number of piperidine rings is 1. The minimum atomic E-state index is -3.54. The summed E-state index contributed by atoms with van der Waals surface area (Å²) in [4.78, 5) is 15.1. The molecule has 0 aromatic heterocycles. The molecule has 0 spiro atoms. The zero-order chi connectivity index (χ0) is 19.3. The molecule has 158 valence electrons. The minimum Gasteiger partial charge on any atom is -0.338 e. The summed E-state index contributed by atoms with van der Waals surface area (Å²) < 4.78 is 27.6. The molecule has 3 rings (SSSR count). The van der Waals surface area contributed by atoms with Crippen molar-refractivity contribution in [3.05, 3.63) is 29.8 Å². The normalized spacial score (nSPS) is 21.6. The molecule has 1 N–H and O–H groups in total. The molecule has 1 amide bonds. The third-order valence-corrected chi connectivity index (χ3v) is 7.48. The van der Waals surface area contributed by atoms with Crippen molar-refractivity contribution in [1.29, 1.82) is 0 Å². The molecule has 0 radical (unpaired) electrons. The third-order valence-electron chi connectivity index (χ3n) is 5.58. The number of likely N-dealkylation sites (tertiary alicyclic amines) is 1. The first-order valence-corrected chi connectivity index (χ1v) is 11.5. The largest absolute Gasteiger partial charge is 0.338 e. The van der Waals surface area contributed by atoms with Crippen LogP contribution in [0.1, 0.15) is 48.9 Å². The van der Waals surface area contributed by atoms with Gasteiger partial charge in [0.05, 0.1) is 4.90 Å². The molecule has 1 atom stereocenters. The van der Waals surface area contributed by atoms with Crippen molar-refractivity contribution in [1.82, 2.24) is 14.5 Å². The van der Waals surface area contributed by atoms with Gasteiger partial charge < -0.3 is 10.2 Å². The Bertz CT molecular complexity index is 747. The van der Waals surface area contributed by atoms with Crippen LogP contribution in [0.25, 0.3) is 0 Å². The molecule has 1 aromatic rings. The summed E-state index contributed by atoms with van der Waals surface area (Å²) in [6.45, 7) is 3.49. The average molecular weight is 430 g/mol. The van der Waals surface area contributed by atoms with E-state index in [9.17, 15) is 13.2 Å². The standard InChI is InChI=1S/C20H31N3O3S.ClH/c1-21-15-17-8-7-11-22(16-17)20(24)18-9-6-10-19(14-18)27(25,26)23-12-4-2-3-5-13-23;/h6,9-10,14,17,21H,2-5,7-8,11-13,15-16H2,1H3;1H. The number of nitrogens with one attached hydrogen (secondary N) is 1. The van der Waals surface area contributed by atoms with Crippen LogP contribution >= 0.6 is 12.4 Å². The van der Waals surface area contributed by atoms with Crippen molar-refractivity contribution >= 4 is 28.3 Å². The van der Waals surface area contributed by atoms with E-state index in [4.69, 9.17) is 0 Å². The summed E-state index contributed by atoms with van der Waals surface area (Å²) in [7, 11) is -1.61. The van der Waals surface area contributed by atoms with Crippen LogP contribution < -0.4 is 5.32 Å². The molecule has 2 heterocycles. The number of sulfonamides is 1. The van der Waals surface area contributed by atoms with Gasteiger partial charge in [0.1, 0.15) is 0 Å². The van der Waals surface area contributed by atoms with Gasteiger partial charge in [0, 0.05) is 31.7 Å². The molecule has 0 saturated carbocycles. The minimum absolute atomic E-state index is 0. The molecular formula is C20H32ClN3O3S. The number of halogens is 1. The number of carbonyl (C=O) groups excluding carboxylic acids is 1. The SMILES string of the molecule is CNCC1CCCN(C(=O)c2cccc(S(=O)(=O)N3CCCCCC3)c2)C1.Cl. The molecule has 2 aliphatic rings. The van der Waals surface area contributed by atoms with Crippen molar-refractivity contribution in [2.24, 2.45) is 5.92 Å². The van der Waals surface area contributed by atoms with Gasteiger partial charge in [-0.05, 0) is 63.4 Å². The van der Waals surface area contributed by atoms with Gasteiger partial charge in [-0.1, -0.05) is 18.9 Å². The van der Waals surface area contributed by atoms with E-state index in [1.807, 2.05) is 11.9 Å². The maximum atomic E-state index is 13.0. The molecule has 0 aliphatic carbocycles. The van der Waals surface area contributed by atoms with Gasteiger partial charge in [0.2, 0.25) is 10.0 Å². The number of nitrogens with zero attached hydrogens (tertiary/aromatic N) is 2. The zero-order valence-corrected chi connectivity index (χ0v) is 18.2. The maximum Gasteiger partial charge on any atom is 0.253 e. The van der Waals surface area contributed by atoms with E-state index in [0.717, 1.165) is 58.2 Å². The van der Waals surface area contributed by atoms with Crippen LogP contribution in [0.4, 0.5) is 0 Å². The Labute approximate surface area is 175 Å². The smallest absolute Gasteiger partial charge is 0.253 e. The molecule has 28 heavy (non-hydrogen) atoms. The quantitative estimate of drug-likeness (QED) is 0.781. The molecule has 8 heteroatoms. The number of hydrogen-bond acceptors (Lipinski definition) is 4. The monoisotopic (exact) mass is 429 g/mol. The van der Waals surface area contributed by atoms with Gasteiger partial charge in [-0.3, -0.25) is 4.79 Å². The predicted molar refractivity (Wildman–Crippen MR) is 113 cm³/mol. The van der Waals surface area contributed by atoms with Gasteiger partial charge in [-0.15, -0.1) is 12.4 Å². The first kappa shape index (κ1) is 23.1. The molecule has 2 aliphatic heterocycles. The van der Waals surface area contributed by atoms with E-state index in [1.165, 1.54) is 0 Å². The number of hydrogen-bond donors (Lipinski definition) is 1. The number of amides is 1. The summed E-state index contributed by atoms with van der Waals surface area (Å²) in [5, 5.41) is 3.18. The highest BCUT2D eigenvalue weighted by atomic mass is 35.5. The number of carbonyl (C=O) groups is 1. The van der Waals surface area contributed by atoms with Crippen molar-refractivity contribution in [2.45, 2.75) is 43.4 Å². The predicted octanol–water partition coefficient (Wildman–Crippen LogP) is 2.74. The summed E-state index contributed by atoms with van der Waals surface area (Å²) in [5.74, 6) is 0.389. The highest BCUT2D eigenvalue weighted by Crippen LogP contribution is 2.23. The highest BCUT2D eigenvalue weighted by molar-refractivity contribution is 7.89. The second-order valence-corrected chi connectivity index (χ2v) is 9.60.